The van der Waals surface area contributed by atoms with E-state index in [4.69, 9.17) is 13.9 Å². The Kier molecular flexibility index (Phi) is 13.9. The van der Waals surface area contributed by atoms with Gasteiger partial charge in [0.2, 0.25) is 14.2 Å². The van der Waals surface area contributed by atoms with Crippen LogP contribution in [0.1, 0.15) is 83.5 Å². The van der Waals surface area contributed by atoms with Crippen molar-refractivity contribution >= 4 is 49.6 Å². The molecule has 3 rings (SSSR count). The minimum Gasteiger partial charge on any atom is -0.543 e. The van der Waals surface area contributed by atoms with E-state index in [-0.39, 0.29) is 24.0 Å². The lowest BCUT2D eigenvalue weighted by atomic mass is 10.0. The van der Waals surface area contributed by atoms with Gasteiger partial charge in [-0.25, -0.2) is 10.2 Å². The van der Waals surface area contributed by atoms with E-state index >= 15 is 0 Å². The predicted molar refractivity (Wildman–Crippen MR) is 200 cm³/mol. The first-order valence-electron chi connectivity index (χ1n) is 17.2. The standard InChI is InChI=1S/C37H56N4O7SSi/c1-12-27-18-19-28(49-27)23-46-34(44)29-17-14-20-41(40-29)33(43)30(38-32(42)31(24(2)3)39-35(45)47-36(4,5)6)22-25-15-13-16-26(21-25)48-50(10,11)37(7,8)9/h12-13,15-16,18-19,21,24,29-31,40H,1,14,17,20,22-23H2,2-11H3,(H,38,42)(H,39,45). The highest BCUT2D eigenvalue weighted by atomic mass is 32.1. The monoisotopic (exact) mass is 728 g/mol. The Morgan fingerprint density at radius 1 is 1.08 bits per heavy atom. The lowest BCUT2D eigenvalue weighted by Gasteiger charge is -2.36. The number of nitrogens with zero attached hydrogens (tertiary/aromatic N) is 1. The number of esters is 1. The fourth-order valence-corrected chi connectivity index (χ4v) is 6.78. The van der Waals surface area contributed by atoms with Crippen LogP contribution in [0.5, 0.6) is 5.75 Å². The van der Waals surface area contributed by atoms with E-state index in [9.17, 15) is 19.2 Å². The molecule has 276 valence electrons. The Morgan fingerprint density at radius 2 is 1.78 bits per heavy atom. The van der Waals surface area contributed by atoms with Gasteiger partial charge in [-0.05, 0) is 87.5 Å². The summed E-state index contributed by atoms with van der Waals surface area (Å²) in [6, 6.07) is 8.63. The van der Waals surface area contributed by atoms with Crippen molar-refractivity contribution in [1.82, 2.24) is 21.1 Å². The summed E-state index contributed by atoms with van der Waals surface area (Å²) in [7, 11) is -2.15. The number of amides is 3. The number of hydrogen-bond acceptors (Lipinski definition) is 9. The number of hydrogen-bond donors (Lipinski definition) is 3. The van der Waals surface area contributed by atoms with Gasteiger partial charge in [-0.15, -0.1) is 11.3 Å². The molecule has 1 aromatic carbocycles. The molecular weight excluding hydrogens is 673 g/mol. The van der Waals surface area contributed by atoms with Crippen LogP contribution in [0.3, 0.4) is 0 Å². The molecule has 3 atom stereocenters. The Labute approximate surface area is 302 Å². The zero-order chi connectivity index (χ0) is 37.4. The second kappa shape index (κ2) is 17.0. The summed E-state index contributed by atoms with van der Waals surface area (Å²) in [5.74, 6) is -1.02. The van der Waals surface area contributed by atoms with Crippen LogP contribution in [0.25, 0.3) is 6.08 Å². The fraction of sp³-hybridized carbons (Fsp3) is 0.568. The van der Waals surface area contributed by atoms with Gasteiger partial charge < -0.3 is 24.5 Å². The number of ether oxygens (including phenoxy) is 2. The molecule has 2 aromatic rings. The zero-order valence-electron chi connectivity index (χ0n) is 31.3. The molecule has 3 amide bonds. The largest absolute Gasteiger partial charge is 0.543 e. The molecule has 1 aliphatic rings. The lowest BCUT2D eigenvalue weighted by molar-refractivity contribution is -0.154. The number of hydrazine groups is 1. The van der Waals surface area contributed by atoms with Crippen molar-refractivity contribution in [1.29, 1.82) is 0 Å². The number of alkyl carbamates (subject to hydrolysis) is 1. The molecule has 3 unspecified atom stereocenters. The van der Waals surface area contributed by atoms with Crippen molar-refractivity contribution in [2.75, 3.05) is 6.54 Å². The highest BCUT2D eigenvalue weighted by Crippen LogP contribution is 2.37. The summed E-state index contributed by atoms with van der Waals surface area (Å²) in [6.07, 6.45) is 2.21. The normalized spacial score (nSPS) is 16.6. The van der Waals surface area contributed by atoms with Gasteiger partial charge in [-0.2, -0.15) is 0 Å². The summed E-state index contributed by atoms with van der Waals surface area (Å²) in [5.41, 5.74) is 3.08. The number of benzene rings is 1. The van der Waals surface area contributed by atoms with Crippen LogP contribution in [0.15, 0.2) is 43.0 Å². The molecule has 0 radical (unpaired) electrons. The molecule has 11 nitrogen and oxygen atoms in total. The molecule has 3 N–H and O–H groups in total. The molecule has 0 aliphatic carbocycles. The van der Waals surface area contributed by atoms with E-state index in [1.165, 1.54) is 16.3 Å². The maximum atomic E-state index is 14.2. The van der Waals surface area contributed by atoms with E-state index in [0.29, 0.717) is 25.1 Å². The third-order valence-corrected chi connectivity index (χ3v) is 14.1. The number of carbonyl (C=O) groups excluding carboxylic acids is 4. The second-order valence-corrected chi connectivity index (χ2v) is 21.5. The van der Waals surface area contributed by atoms with E-state index in [1.807, 2.05) is 36.4 Å². The van der Waals surface area contributed by atoms with Crippen molar-refractivity contribution in [3.8, 4) is 5.75 Å². The van der Waals surface area contributed by atoms with Gasteiger partial charge in [0.1, 0.15) is 36.1 Å². The third kappa shape index (κ3) is 12.0. The number of nitrogens with one attached hydrogen (secondary N) is 3. The molecule has 13 heteroatoms. The smallest absolute Gasteiger partial charge is 0.408 e. The zero-order valence-corrected chi connectivity index (χ0v) is 33.1. The third-order valence-electron chi connectivity index (χ3n) is 8.73. The van der Waals surface area contributed by atoms with Crippen LogP contribution in [0, 0.1) is 5.92 Å². The number of rotatable bonds is 13. The molecule has 0 saturated carbocycles. The number of carbonyl (C=O) groups is 4. The minimum absolute atomic E-state index is 0.0155. The van der Waals surface area contributed by atoms with Crippen LogP contribution in [0.2, 0.25) is 18.1 Å². The van der Waals surface area contributed by atoms with Crippen molar-refractivity contribution < 1.29 is 33.1 Å². The molecule has 1 aliphatic heterocycles. The predicted octanol–water partition coefficient (Wildman–Crippen LogP) is 6.59. The summed E-state index contributed by atoms with van der Waals surface area (Å²) < 4.78 is 17.5. The average molecular weight is 729 g/mol. The topological polar surface area (TPSA) is 135 Å². The van der Waals surface area contributed by atoms with Crippen LogP contribution < -0.4 is 20.5 Å². The van der Waals surface area contributed by atoms with E-state index in [1.54, 1.807) is 40.7 Å². The summed E-state index contributed by atoms with van der Waals surface area (Å²) in [5, 5.41) is 6.95. The molecule has 2 heterocycles. The van der Waals surface area contributed by atoms with Crippen LogP contribution in [-0.4, -0.2) is 67.5 Å². The van der Waals surface area contributed by atoms with Crippen LogP contribution >= 0.6 is 11.3 Å². The molecule has 1 fully saturated rings. The van der Waals surface area contributed by atoms with E-state index in [0.717, 1.165) is 15.3 Å². The quantitative estimate of drug-likeness (QED) is 0.155. The maximum Gasteiger partial charge on any atom is 0.408 e. The molecule has 0 spiro atoms. The highest BCUT2D eigenvalue weighted by Gasteiger charge is 2.39. The van der Waals surface area contributed by atoms with Crippen molar-refractivity contribution in [3.05, 3.63) is 58.3 Å². The Balaban J connectivity index is 1.83. The van der Waals surface area contributed by atoms with E-state index < -0.39 is 55.9 Å². The van der Waals surface area contributed by atoms with Gasteiger partial charge in [0.15, 0.2) is 0 Å². The first-order chi connectivity index (χ1) is 23.2. The summed E-state index contributed by atoms with van der Waals surface area (Å²) in [4.78, 5) is 55.6. The number of thiophene rings is 1. The fourth-order valence-electron chi connectivity index (χ4n) is 4.98. The average Bonchev–Trinajstić information content (AvgIpc) is 3.48. The molecule has 1 aromatic heterocycles. The van der Waals surface area contributed by atoms with Crippen LogP contribution in [-0.2, 0) is 36.9 Å². The first-order valence-corrected chi connectivity index (χ1v) is 20.9. The Morgan fingerprint density at radius 3 is 2.38 bits per heavy atom. The van der Waals surface area contributed by atoms with Crippen LogP contribution in [0.4, 0.5) is 4.79 Å². The first kappa shape index (κ1) is 40.7. The SMILES string of the molecule is C=Cc1ccc(COC(=O)C2CCCN(C(=O)C(Cc3cccc(O[Si](C)(C)C(C)(C)C)c3)NC(=O)C(NC(=O)OC(C)(C)C)C(C)C)N2)s1. The van der Waals surface area contributed by atoms with Gasteiger partial charge in [0.25, 0.3) is 5.91 Å². The summed E-state index contributed by atoms with van der Waals surface area (Å²) >= 11 is 1.49. The molecular formula is C37H56N4O7SSi. The van der Waals surface area contributed by atoms with Gasteiger partial charge >= 0.3 is 12.1 Å². The van der Waals surface area contributed by atoms with Gasteiger partial charge in [-0.3, -0.25) is 19.4 Å². The maximum absolute atomic E-state index is 14.2. The lowest BCUT2D eigenvalue weighted by Crippen LogP contribution is -2.62. The second-order valence-electron chi connectivity index (χ2n) is 15.6. The Bertz CT molecular complexity index is 1510. The van der Waals surface area contributed by atoms with Crippen molar-refractivity contribution in [3.63, 3.8) is 0 Å². The van der Waals surface area contributed by atoms with Crippen molar-refractivity contribution in [2.24, 2.45) is 5.92 Å². The van der Waals surface area contributed by atoms with E-state index in [2.05, 4.69) is 56.5 Å². The van der Waals surface area contributed by atoms with Crippen molar-refractivity contribution in [2.45, 2.75) is 123 Å². The molecule has 0 bridgehead atoms. The van der Waals surface area contributed by atoms with Gasteiger partial charge in [0.05, 0.1) is 0 Å². The Hall–Kier alpha value is -3.68. The molecule has 1 saturated heterocycles. The highest BCUT2D eigenvalue weighted by molar-refractivity contribution is 7.12. The van der Waals surface area contributed by atoms with Gasteiger partial charge in [0, 0.05) is 22.7 Å². The minimum atomic E-state index is -2.15. The van der Waals surface area contributed by atoms with Gasteiger partial charge in [-0.1, -0.05) is 59.4 Å². The molecule has 50 heavy (non-hydrogen) atoms. The summed E-state index contributed by atoms with van der Waals surface area (Å²) in [6.45, 7) is 23.9.